The highest BCUT2D eigenvalue weighted by Crippen LogP contribution is 2.11. The summed E-state index contributed by atoms with van der Waals surface area (Å²) in [4.78, 5) is 20.4. The molecule has 0 saturated carbocycles. The van der Waals surface area contributed by atoms with Gasteiger partial charge in [-0.2, -0.15) is 0 Å². The van der Waals surface area contributed by atoms with Crippen molar-refractivity contribution in [2.45, 2.75) is 13.3 Å². The fourth-order valence-corrected chi connectivity index (χ4v) is 1.86. The molecule has 0 saturated heterocycles. The van der Waals surface area contributed by atoms with Crippen LogP contribution in [0.15, 0.2) is 30.6 Å². The summed E-state index contributed by atoms with van der Waals surface area (Å²) >= 11 is 0. The Hall–Kier alpha value is -2.01. The fourth-order valence-electron chi connectivity index (χ4n) is 1.86. The number of hydrogen-bond acceptors (Lipinski definition) is 4. The molecule has 5 heteroatoms. The van der Waals surface area contributed by atoms with E-state index in [1.807, 2.05) is 0 Å². The van der Waals surface area contributed by atoms with Gasteiger partial charge in [0.2, 0.25) is 0 Å². The molecule has 0 aliphatic heterocycles. The van der Waals surface area contributed by atoms with Crippen LogP contribution in [-0.2, 0) is 0 Å². The van der Waals surface area contributed by atoms with Crippen molar-refractivity contribution in [1.29, 1.82) is 0 Å². The van der Waals surface area contributed by atoms with Gasteiger partial charge in [-0.25, -0.2) is 0 Å². The number of hydrogen-bond donors (Lipinski definition) is 2. The molecule has 100 valence electrons. The van der Waals surface area contributed by atoms with E-state index in [9.17, 15) is 4.79 Å². The number of nitrogens with two attached hydrogens (primary N) is 1. The van der Waals surface area contributed by atoms with Gasteiger partial charge in [0.25, 0.3) is 5.91 Å². The minimum Gasteiger partial charge on any atom is -0.352 e. The van der Waals surface area contributed by atoms with Crippen LogP contribution < -0.4 is 11.1 Å². The first-order valence-corrected chi connectivity index (χ1v) is 6.39. The van der Waals surface area contributed by atoms with Crippen molar-refractivity contribution in [2.75, 3.05) is 13.1 Å². The molecule has 1 atom stereocenters. The number of nitrogens with one attached hydrogen (secondary N) is 1. The number of fused-ring (bicyclic) bond motifs is 1. The number of benzene rings is 1. The summed E-state index contributed by atoms with van der Waals surface area (Å²) < 4.78 is 0. The van der Waals surface area contributed by atoms with Crippen LogP contribution in [0.2, 0.25) is 0 Å². The highest BCUT2D eigenvalue weighted by molar-refractivity contribution is 5.97. The maximum absolute atomic E-state index is 12.0. The molecule has 0 aliphatic carbocycles. The molecule has 1 amide bonds. The van der Waals surface area contributed by atoms with Crippen molar-refractivity contribution in [3.05, 3.63) is 36.2 Å². The molecule has 5 nitrogen and oxygen atoms in total. The largest absolute Gasteiger partial charge is 0.352 e. The van der Waals surface area contributed by atoms with Crippen molar-refractivity contribution >= 4 is 16.9 Å². The van der Waals surface area contributed by atoms with E-state index < -0.39 is 0 Å². The number of carbonyl (C=O) groups is 1. The van der Waals surface area contributed by atoms with Gasteiger partial charge in [0.05, 0.1) is 11.0 Å². The van der Waals surface area contributed by atoms with Crippen LogP contribution in [0.1, 0.15) is 23.7 Å². The van der Waals surface area contributed by atoms with Crippen molar-refractivity contribution in [1.82, 2.24) is 15.3 Å². The average molecular weight is 258 g/mol. The van der Waals surface area contributed by atoms with Gasteiger partial charge in [-0.3, -0.25) is 14.8 Å². The topological polar surface area (TPSA) is 80.9 Å². The Morgan fingerprint density at radius 2 is 2.05 bits per heavy atom. The van der Waals surface area contributed by atoms with Crippen molar-refractivity contribution in [3.8, 4) is 0 Å². The number of aromatic nitrogens is 2. The zero-order valence-electron chi connectivity index (χ0n) is 11.0. The lowest BCUT2D eigenvalue weighted by Gasteiger charge is -2.11. The monoisotopic (exact) mass is 258 g/mol. The van der Waals surface area contributed by atoms with E-state index in [1.165, 1.54) is 0 Å². The minimum absolute atomic E-state index is 0.0866. The number of amides is 1. The van der Waals surface area contributed by atoms with Crippen LogP contribution in [0, 0.1) is 5.92 Å². The summed E-state index contributed by atoms with van der Waals surface area (Å²) in [7, 11) is 0. The molecule has 0 radical (unpaired) electrons. The number of rotatable bonds is 5. The SMILES string of the molecule is CC(CCN)CNC(=O)c1ccc2nccnc2c1. The number of nitrogens with zero attached hydrogens (tertiary/aromatic N) is 2. The van der Waals surface area contributed by atoms with E-state index in [2.05, 4.69) is 22.2 Å². The maximum atomic E-state index is 12.0. The molecule has 19 heavy (non-hydrogen) atoms. The molecule has 0 bridgehead atoms. The van der Waals surface area contributed by atoms with E-state index in [0.29, 0.717) is 24.6 Å². The summed E-state index contributed by atoms with van der Waals surface area (Å²) in [5.74, 6) is 0.297. The van der Waals surface area contributed by atoms with Crippen molar-refractivity contribution < 1.29 is 4.79 Å². The van der Waals surface area contributed by atoms with Gasteiger partial charge in [-0.1, -0.05) is 6.92 Å². The molecule has 0 spiro atoms. The molecular weight excluding hydrogens is 240 g/mol. The molecule has 1 heterocycles. The van der Waals surface area contributed by atoms with Gasteiger partial charge in [-0.15, -0.1) is 0 Å². The Morgan fingerprint density at radius 3 is 2.79 bits per heavy atom. The molecular formula is C14H18N4O. The van der Waals surface area contributed by atoms with Crippen molar-refractivity contribution in [2.24, 2.45) is 11.7 Å². The number of carbonyl (C=O) groups excluding carboxylic acids is 1. The first kappa shape index (κ1) is 13.4. The normalized spacial score (nSPS) is 12.3. The zero-order chi connectivity index (χ0) is 13.7. The lowest BCUT2D eigenvalue weighted by atomic mass is 10.1. The summed E-state index contributed by atoms with van der Waals surface area (Å²) in [6, 6.07) is 5.33. The molecule has 1 aromatic heterocycles. The third-order valence-corrected chi connectivity index (χ3v) is 3.00. The smallest absolute Gasteiger partial charge is 0.251 e. The second-order valence-electron chi connectivity index (χ2n) is 4.65. The van der Waals surface area contributed by atoms with Crippen LogP contribution in [0.25, 0.3) is 11.0 Å². The Balaban J connectivity index is 2.05. The van der Waals surface area contributed by atoms with Gasteiger partial charge in [0.1, 0.15) is 0 Å². The second kappa shape index (κ2) is 6.24. The molecule has 2 aromatic rings. The summed E-state index contributed by atoms with van der Waals surface area (Å²) in [6.45, 7) is 3.34. The summed E-state index contributed by atoms with van der Waals surface area (Å²) in [5, 5.41) is 2.91. The van der Waals surface area contributed by atoms with E-state index in [1.54, 1.807) is 30.6 Å². The van der Waals surface area contributed by atoms with Crippen LogP contribution >= 0.6 is 0 Å². The Morgan fingerprint density at radius 1 is 1.32 bits per heavy atom. The Bertz CT molecular complexity index is 570. The van der Waals surface area contributed by atoms with Gasteiger partial charge >= 0.3 is 0 Å². The minimum atomic E-state index is -0.0866. The zero-order valence-corrected chi connectivity index (χ0v) is 11.0. The highest BCUT2D eigenvalue weighted by atomic mass is 16.1. The predicted molar refractivity (Wildman–Crippen MR) is 74.7 cm³/mol. The van der Waals surface area contributed by atoms with Crippen LogP contribution in [0.3, 0.4) is 0 Å². The summed E-state index contributed by atoms with van der Waals surface area (Å²) in [5.41, 5.74) is 7.60. The van der Waals surface area contributed by atoms with Crippen LogP contribution in [0.5, 0.6) is 0 Å². The van der Waals surface area contributed by atoms with Crippen LogP contribution in [-0.4, -0.2) is 29.0 Å². The van der Waals surface area contributed by atoms with E-state index >= 15 is 0 Å². The summed E-state index contributed by atoms with van der Waals surface area (Å²) in [6.07, 6.45) is 4.16. The highest BCUT2D eigenvalue weighted by Gasteiger charge is 2.08. The van der Waals surface area contributed by atoms with E-state index in [0.717, 1.165) is 17.5 Å². The van der Waals surface area contributed by atoms with E-state index in [4.69, 9.17) is 5.73 Å². The standard InChI is InChI=1S/C14H18N4O/c1-10(4-5-15)9-18-14(19)11-2-3-12-13(8-11)17-7-6-16-12/h2-3,6-8,10H,4-5,9,15H2,1H3,(H,18,19). The van der Waals surface area contributed by atoms with Crippen molar-refractivity contribution in [3.63, 3.8) is 0 Å². The quantitative estimate of drug-likeness (QED) is 0.848. The lowest BCUT2D eigenvalue weighted by molar-refractivity contribution is 0.0947. The molecule has 1 aromatic carbocycles. The van der Waals surface area contributed by atoms with Gasteiger partial charge in [0.15, 0.2) is 0 Å². The van der Waals surface area contributed by atoms with E-state index in [-0.39, 0.29) is 5.91 Å². The molecule has 0 aliphatic rings. The molecule has 3 N–H and O–H groups in total. The molecule has 1 unspecified atom stereocenters. The maximum Gasteiger partial charge on any atom is 0.251 e. The van der Waals surface area contributed by atoms with Crippen LogP contribution in [0.4, 0.5) is 0 Å². The van der Waals surface area contributed by atoms with Gasteiger partial charge in [0, 0.05) is 24.5 Å². The molecule has 0 fully saturated rings. The van der Waals surface area contributed by atoms with Gasteiger partial charge < -0.3 is 11.1 Å². The average Bonchev–Trinajstić information content (AvgIpc) is 2.44. The first-order valence-electron chi connectivity index (χ1n) is 6.39. The fraction of sp³-hybridized carbons (Fsp3) is 0.357. The second-order valence-corrected chi connectivity index (χ2v) is 4.65. The lowest BCUT2D eigenvalue weighted by Crippen LogP contribution is -2.29. The Labute approximate surface area is 112 Å². The third-order valence-electron chi connectivity index (χ3n) is 3.00. The predicted octanol–water partition coefficient (Wildman–Crippen LogP) is 1.34. The Kier molecular flexibility index (Phi) is 4.41. The third kappa shape index (κ3) is 3.48. The van der Waals surface area contributed by atoms with Gasteiger partial charge in [-0.05, 0) is 37.1 Å². The molecule has 2 rings (SSSR count). The first-order chi connectivity index (χ1) is 9.20.